The van der Waals surface area contributed by atoms with Gasteiger partial charge in [-0.15, -0.1) is 0 Å². The van der Waals surface area contributed by atoms with Crippen LogP contribution >= 0.6 is 0 Å². The van der Waals surface area contributed by atoms with Crippen LogP contribution in [-0.2, 0) is 9.63 Å². The van der Waals surface area contributed by atoms with Crippen LogP contribution in [0, 0.1) is 0 Å². The topological polar surface area (TPSA) is 67.4 Å². The van der Waals surface area contributed by atoms with E-state index in [4.69, 9.17) is 0 Å². The monoisotopic (exact) mass is 220 g/mol. The molecular weight excluding hydrogens is 208 g/mol. The second kappa shape index (κ2) is 4.76. The first-order chi connectivity index (χ1) is 7.77. The highest BCUT2D eigenvalue weighted by Crippen LogP contribution is 2.03. The summed E-state index contributed by atoms with van der Waals surface area (Å²) in [5, 5.41) is 2.63. The van der Waals surface area contributed by atoms with Gasteiger partial charge in [0.25, 0.3) is 5.91 Å². The molecule has 0 saturated carbocycles. The van der Waals surface area contributed by atoms with Gasteiger partial charge >= 0.3 is 5.97 Å². The van der Waals surface area contributed by atoms with Gasteiger partial charge in [-0.1, -0.05) is 18.2 Å². The van der Waals surface area contributed by atoms with Gasteiger partial charge in [0.2, 0.25) is 0 Å². The lowest BCUT2D eigenvalue weighted by molar-refractivity contribution is -0.158. The zero-order chi connectivity index (χ0) is 11.4. The van der Waals surface area contributed by atoms with Gasteiger partial charge in [0.1, 0.15) is 6.04 Å². The molecule has 16 heavy (non-hydrogen) atoms. The van der Waals surface area contributed by atoms with Crippen LogP contribution in [0.4, 0.5) is 0 Å². The minimum atomic E-state index is -0.561. The largest absolute Gasteiger partial charge is 0.369 e. The summed E-state index contributed by atoms with van der Waals surface area (Å²) in [4.78, 5) is 27.6. The number of carbonyl (C=O) groups is 2. The first-order valence-electron chi connectivity index (χ1n) is 5.07. The Hall–Kier alpha value is -1.88. The standard InChI is InChI=1S/C11H12N2O3/c14-10(8-4-2-1-3-5-8)13-9-6-7-12-16-11(9)15/h1-5,9,12H,6-7H2,(H,13,14). The summed E-state index contributed by atoms with van der Waals surface area (Å²) in [6.07, 6.45) is 0.539. The van der Waals surface area contributed by atoms with Gasteiger partial charge < -0.3 is 10.2 Å². The molecule has 2 rings (SSSR count). The molecule has 1 atom stereocenters. The van der Waals surface area contributed by atoms with Crippen molar-refractivity contribution in [2.24, 2.45) is 0 Å². The first kappa shape index (κ1) is 10.6. The Morgan fingerprint density at radius 1 is 1.38 bits per heavy atom. The number of benzene rings is 1. The minimum Gasteiger partial charge on any atom is -0.369 e. The molecule has 5 nitrogen and oxygen atoms in total. The summed E-state index contributed by atoms with van der Waals surface area (Å²) < 4.78 is 0. The lowest BCUT2D eigenvalue weighted by atomic mass is 10.1. The third kappa shape index (κ3) is 2.38. The molecule has 2 N–H and O–H groups in total. The number of hydrogen-bond acceptors (Lipinski definition) is 4. The summed E-state index contributed by atoms with van der Waals surface area (Å²) >= 11 is 0. The molecule has 0 radical (unpaired) electrons. The quantitative estimate of drug-likeness (QED) is 0.749. The first-order valence-corrected chi connectivity index (χ1v) is 5.07. The fourth-order valence-corrected chi connectivity index (χ4v) is 1.48. The van der Waals surface area contributed by atoms with Crippen LogP contribution in [0.1, 0.15) is 16.8 Å². The molecule has 84 valence electrons. The molecular formula is C11H12N2O3. The van der Waals surface area contributed by atoms with Crippen molar-refractivity contribution in [1.82, 2.24) is 10.8 Å². The second-order valence-corrected chi connectivity index (χ2v) is 3.50. The van der Waals surface area contributed by atoms with E-state index in [-0.39, 0.29) is 5.91 Å². The van der Waals surface area contributed by atoms with Crippen molar-refractivity contribution in [3.8, 4) is 0 Å². The normalized spacial score (nSPS) is 20.0. The molecule has 0 bridgehead atoms. The fourth-order valence-electron chi connectivity index (χ4n) is 1.48. The van der Waals surface area contributed by atoms with Gasteiger partial charge in [0.15, 0.2) is 0 Å². The third-order valence-corrected chi connectivity index (χ3v) is 2.33. The van der Waals surface area contributed by atoms with E-state index < -0.39 is 12.0 Å². The SMILES string of the molecule is O=C(NC1CCNOC1=O)c1ccccc1. The molecule has 0 aliphatic carbocycles. The zero-order valence-corrected chi connectivity index (χ0v) is 8.60. The lowest BCUT2D eigenvalue weighted by Gasteiger charge is -2.21. The van der Waals surface area contributed by atoms with Crippen LogP contribution in [0.5, 0.6) is 0 Å². The van der Waals surface area contributed by atoms with E-state index in [2.05, 4.69) is 15.6 Å². The van der Waals surface area contributed by atoms with Crippen LogP contribution in [0.15, 0.2) is 30.3 Å². The van der Waals surface area contributed by atoms with Gasteiger partial charge in [-0.3, -0.25) is 4.79 Å². The van der Waals surface area contributed by atoms with E-state index in [1.54, 1.807) is 24.3 Å². The molecule has 1 aromatic carbocycles. The maximum Gasteiger partial charge on any atom is 0.347 e. The molecule has 5 heteroatoms. The molecule has 1 fully saturated rings. The van der Waals surface area contributed by atoms with E-state index >= 15 is 0 Å². The number of rotatable bonds is 2. The smallest absolute Gasteiger partial charge is 0.347 e. The molecule has 1 aliphatic heterocycles. The Morgan fingerprint density at radius 3 is 2.81 bits per heavy atom. The van der Waals surface area contributed by atoms with Crippen LogP contribution in [0.25, 0.3) is 0 Å². The van der Waals surface area contributed by atoms with Gasteiger partial charge in [0.05, 0.1) is 0 Å². The lowest BCUT2D eigenvalue weighted by Crippen LogP contribution is -2.48. The third-order valence-electron chi connectivity index (χ3n) is 2.33. The average Bonchev–Trinajstić information content (AvgIpc) is 2.33. The molecule has 0 spiro atoms. The molecule has 0 aromatic heterocycles. The zero-order valence-electron chi connectivity index (χ0n) is 8.60. The Labute approximate surface area is 92.7 Å². The molecule has 1 aliphatic rings. The van der Waals surface area contributed by atoms with Crippen molar-refractivity contribution in [3.05, 3.63) is 35.9 Å². The van der Waals surface area contributed by atoms with Gasteiger partial charge in [-0.2, -0.15) is 5.48 Å². The average molecular weight is 220 g/mol. The Kier molecular flexibility index (Phi) is 3.16. The van der Waals surface area contributed by atoms with Crippen molar-refractivity contribution < 1.29 is 14.4 Å². The highest BCUT2D eigenvalue weighted by Gasteiger charge is 2.25. The Morgan fingerprint density at radius 2 is 2.12 bits per heavy atom. The summed E-state index contributed by atoms with van der Waals surface area (Å²) in [7, 11) is 0. The number of hydroxylamine groups is 1. The van der Waals surface area contributed by atoms with E-state index in [1.165, 1.54) is 0 Å². The summed E-state index contributed by atoms with van der Waals surface area (Å²) in [6, 6.07) is 8.21. The predicted molar refractivity (Wildman–Crippen MR) is 56.4 cm³/mol. The Balaban J connectivity index is 1.99. The maximum absolute atomic E-state index is 11.7. The molecule has 1 saturated heterocycles. The summed E-state index contributed by atoms with van der Waals surface area (Å²) in [5.74, 6) is -0.708. The second-order valence-electron chi connectivity index (χ2n) is 3.50. The van der Waals surface area contributed by atoms with E-state index in [0.717, 1.165) is 0 Å². The van der Waals surface area contributed by atoms with Crippen molar-refractivity contribution in [2.75, 3.05) is 6.54 Å². The summed E-state index contributed by atoms with van der Waals surface area (Å²) in [5.41, 5.74) is 3.01. The van der Waals surface area contributed by atoms with Crippen LogP contribution in [-0.4, -0.2) is 24.5 Å². The van der Waals surface area contributed by atoms with Crippen LogP contribution < -0.4 is 10.8 Å². The fraction of sp³-hybridized carbons (Fsp3) is 0.273. The number of nitrogens with one attached hydrogen (secondary N) is 2. The molecule has 1 heterocycles. The van der Waals surface area contributed by atoms with Crippen molar-refractivity contribution >= 4 is 11.9 Å². The van der Waals surface area contributed by atoms with Gasteiger partial charge in [0, 0.05) is 12.1 Å². The highest BCUT2D eigenvalue weighted by molar-refractivity contribution is 5.96. The summed E-state index contributed by atoms with van der Waals surface area (Å²) in [6.45, 7) is 0.547. The predicted octanol–water partition coefficient (Wildman–Crippen LogP) is 0.236. The van der Waals surface area contributed by atoms with E-state index in [0.29, 0.717) is 18.5 Å². The van der Waals surface area contributed by atoms with E-state index in [1.807, 2.05) is 6.07 Å². The van der Waals surface area contributed by atoms with Crippen molar-refractivity contribution in [2.45, 2.75) is 12.5 Å². The highest BCUT2D eigenvalue weighted by atomic mass is 16.7. The van der Waals surface area contributed by atoms with Crippen molar-refractivity contribution in [1.29, 1.82) is 0 Å². The molecule has 1 unspecified atom stereocenters. The molecule has 1 amide bonds. The van der Waals surface area contributed by atoms with Crippen LogP contribution in [0.3, 0.4) is 0 Å². The van der Waals surface area contributed by atoms with Gasteiger partial charge in [-0.25, -0.2) is 4.79 Å². The number of amides is 1. The van der Waals surface area contributed by atoms with Gasteiger partial charge in [-0.05, 0) is 18.6 Å². The maximum atomic E-state index is 11.7. The Bertz CT molecular complexity index is 391. The van der Waals surface area contributed by atoms with Crippen molar-refractivity contribution in [3.63, 3.8) is 0 Å². The number of carbonyl (C=O) groups excluding carboxylic acids is 2. The molecule has 1 aromatic rings. The van der Waals surface area contributed by atoms with Crippen LogP contribution in [0.2, 0.25) is 0 Å². The van der Waals surface area contributed by atoms with E-state index in [9.17, 15) is 9.59 Å². The number of hydrogen-bond donors (Lipinski definition) is 2. The minimum absolute atomic E-state index is 0.260.